The SMILES string of the molecule is C=Cc1cc(C)cnc1[N+](=O)[O-]. The van der Waals surface area contributed by atoms with Gasteiger partial charge in [-0.05, 0) is 28.5 Å². The molecule has 0 bridgehead atoms. The molecule has 0 unspecified atom stereocenters. The Bertz CT molecular complexity index is 334. The van der Waals surface area contributed by atoms with Crippen molar-refractivity contribution in [2.24, 2.45) is 0 Å². The molecule has 0 radical (unpaired) electrons. The van der Waals surface area contributed by atoms with E-state index in [-0.39, 0.29) is 5.82 Å². The van der Waals surface area contributed by atoms with E-state index >= 15 is 0 Å². The molecule has 1 rings (SSSR count). The topological polar surface area (TPSA) is 56.0 Å². The molecule has 4 heteroatoms. The van der Waals surface area contributed by atoms with E-state index in [2.05, 4.69) is 11.6 Å². The zero-order chi connectivity index (χ0) is 9.14. The third-order valence-electron chi connectivity index (χ3n) is 1.42. The molecule has 0 N–H and O–H groups in total. The highest BCUT2D eigenvalue weighted by molar-refractivity contribution is 5.56. The monoisotopic (exact) mass is 164 g/mol. The summed E-state index contributed by atoms with van der Waals surface area (Å²) in [6.45, 7) is 5.29. The van der Waals surface area contributed by atoms with Crippen LogP contribution >= 0.6 is 0 Å². The summed E-state index contributed by atoms with van der Waals surface area (Å²) in [5.41, 5.74) is 1.34. The van der Waals surface area contributed by atoms with Crippen molar-refractivity contribution in [1.29, 1.82) is 0 Å². The number of rotatable bonds is 2. The van der Waals surface area contributed by atoms with Crippen LogP contribution in [0.3, 0.4) is 0 Å². The molecule has 4 nitrogen and oxygen atoms in total. The first kappa shape index (κ1) is 8.39. The third-order valence-corrected chi connectivity index (χ3v) is 1.42. The first-order chi connectivity index (χ1) is 5.65. The molecular formula is C8H8N2O2. The molecule has 1 aromatic heterocycles. The van der Waals surface area contributed by atoms with Gasteiger partial charge < -0.3 is 10.1 Å². The van der Waals surface area contributed by atoms with Crippen LogP contribution in [0.5, 0.6) is 0 Å². The van der Waals surface area contributed by atoms with Crippen LogP contribution in [0.25, 0.3) is 6.08 Å². The predicted molar refractivity (Wildman–Crippen MR) is 45.7 cm³/mol. The van der Waals surface area contributed by atoms with Crippen molar-refractivity contribution in [3.63, 3.8) is 0 Å². The van der Waals surface area contributed by atoms with E-state index in [0.29, 0.717) is 5.56 Å². The Kier molecular flexibility index (Phi) is 2.19. The maximum Gasteiger partial charge on any atom is 0.370 e. The molecule has 0 atom stereocenters. The van der Waals surface area contributed by atoms with E-state index in [1.54, 1.807) is 6.07 Å². The van der Waals surface area contributed by atoms with Gasteiger partial charge in [0, 0.05) is 0 Å². The van der Waals surface area contributed by atoms with Gasteiger partial charge in [-0.15, -0.1) is 0 Å². The number of nitrogens with zero attached hydrogens (tertiary/aromatic N) is 2. The summed E-state index contributed by atoms with van der Waals surface area (Å²) in [4.78, 5) is 13.5. The Balaban J connectivity index is 3.29. The number of hydrogen-bond acceptors (Lipinski definition) is 3. The van der Waals surface area contributed by atoms with Crippen LogP contribution in [0.15, 0.2) is 18.8 Å². The number of pyridine rings is 1. The van der Waals surface area contributed by atoms with Gasteiger partial charge in [-0.3, -0.25) is 0 Å². The van der Waals surface area contributed by atoms with Gasteiger partial charge in [-0.1, -0.05) is 12.7 Å². The fourth-order valence-corrected chi connectivity index (χ4v) is 0.887. The second kappa shape index (κ2) is 3.13. The van der Waals surface area contributed by atoms with Crippen molar-refractivity contribution in [2.75, 3.05) is 0 Å². The maximum absolute atomic E-state index is 10.4. The first-order valence-electron chi connectivity index (χ1n) is 3.38. The smallest absolute Gasteiger partial charge is 0.358 e. The lowest BCUT2D eigenvalue weighted by Gasteiger charge is -1.96. The molecule has 0 saturated heterocycles. The average Bonchev–Trinajstić information content (AvgIpc) is 2.03. The minimum atomic E-state index is -0.517. The Morgan fingerprint density at radius 2 is 2.42 bits per heavy atom. The summed E-state index contributed by atoms with van der Waals surface area (Å²) in [5, 5.41) is 10.4. The molecule has 0 spiro atoms. The summed E-state index contributed by atoms with van der Waals surface area (Å²) >= 11 is 0. The van der Waals surface area contributed by atoms with Crippen LogP contribution in [0, 0.1) is 17.0 Å². The van der Waals surface area contributed by atoms with Crippen LogP contribution in [0.2, 0.25) is 0 Å². The molecule has 0 amide bonds. The van der Waals surface area contributed by atoms with Crippen molar-refractivity contribution >= 4 is 11.9 Å². The lowest BCUT2D eigenvalue weighted by molar-refractivity contribution is -0.389. The van der Waals surface area contributed by atoms with Crippen molar-refractivity contribution in [3.8, 4) is 0 Å². The summed E-state index contributed by atoms with van der Waals surface area (Å²) in [5.74, 6) is -0.143. The zero-order valence-corrected chi connectivity index (χ0v) is 6.65. The fourth-order valence-electron chi connectivity index (χ4n) is 0.887. The minimum Gasteiger partial charge on any atom is -0.358 e. The van der Waals surface area contributed by atoms with Crippen LogP contribution in [0.1, 0.15) is 11.1 Å². The van der Waals surface area contributed by atoms with Gasteiger partial charge in [0.05, 0.1) is 5.56 Å². The number of aromatic nitrogens is 1. The molecule has 0 aliphatic rings. The molecule has 1 heterocycles. The van der Waals surface area contributed by atoms with Crippen LogP contribution in [-0.4, -0.2) is 9.91 Å². The lowest BCUT2D eigenvalue weighted by atomic mass is 10.2. The van der Waals surface area contributed by atoms with Gasteiger partial charge >= 0.3 is 5.82 Å². The Labute approximate surface area is 69.7 Å². The molecule has 0 saturated carbocycles. The summed E-state index contributed by atoms with van der Waals surface area (Å²) in [6.07, 6.45) is 2.89. The highest BCUT2D eigenvalue weighted by atomic mass is 16.6. The fraction of sp³-hybridized carbons (Fsp3) is 0.125. The second-order valence-electron chi connectivity index (χ2n) is 2.39. The van der Waals surface area contributed by atoms with Gasteiger partial charge in [0.15, 0.2) is 0 Å². The van der Waals surface area contributed by atoms with Gasteiger partial charge in [0.2, 0.25) is 0 Å². The molecular weight excluding hydrogens is 156 g/mol. The van der Waals surface area contributed by atoms with Crippen LogP contribution in [-0.2, 0) is 0 Å². The minimum absolute atomic E-state index is 0.143. The van der Waals surface area contributed by atoms with Crippen molar-refractivity contribution in [3.05, 3.63) is 40.1 Å². The van der Waals surface area contributed by atoms with E-state index in [4.69, 9.17) is 0 Å². The van der Waals surface area contributed by atoms with E-state index in [0.717, 1.165) is 5.56 Å². The second-order valence-corrected chi connectivity index (χ2v) is 2.39. The van der Waals surface area contributed by atoms with E-state index in [9.17, 15) is 10.1 Å². The lowest BCUT2D eigenvalue weighted by Crippen LogP contribution is -1.95. The largest absolute Gasteiger partial charge is 0.370 e. The third kappa shape index (κ3) is 1.47. The van der Waals surface area contributed by atoms with Crippen molar-refractivity contribution in [2.45, 2.75) is 6.92 Å². The quantitative estimate of drug-likeness (QED) is 0.495. The molecule has 62 valence electrons. The van der Waals surface area contributed by atoms with E-state index < -0.39 is 4.92 Å². The van der Waals surface area contributed by atoms with E-state index in [1.807, 2.05) is 6.92 Å². The van der Waals surface area contributed by atoms with Crippen LogP contribution in [0.4, 0.5) is 5.82 Å². The molecule has 0 aliphatic heterocycles. The highest BCUT2D eigenvalue weighted by Crippen LogP contribution is 2.16. The predicted octanol–water partition coefficient (Wildman–Crippen LogP) is 1.94. The van der Waals surface area contributed by atoms with Gasteiger partial charge in [-0.2, -0.15) is 0 Å². The Morgan fingerprint density at radius 3 is 2.92 bits per heavy atom. The maximum atomic E-state index is 10.4. The molecule has 0 fully saturated rings. The number of aryl methyl sites for hydroxylation is 1. The summed E-state index contributed by atoms with van der Waals surface area (Å²) in [7, 11) is 0. The van der Waals surface area contributed by atoms with Gasteiger partial charge in [0.25, 0.3) is 0 Å². The summed E-state index contributed by atoms with van der Waals surface area (Å²) < 4.78 is 0. The molecule has 0 aromatic carbocycles. The van der Waals surface area contributed by atoms with Crippen molar-refractivity contribution in [1.82, 2.24) is 4.98 Å². The van der Waals surface area contributed by atoms with Crippen molar-refractivity contribution < 1.29 is 4.92 Å². The standard InChI is InChI=1S/C8H8N2O2/c1-3-7-4-6(2)5-9-8(7)10(11)12/h3-5H,1H2,2H3. The average molecular weight is 164 g/mol. The Morgan fingerprint density at radius 1 is 1.75 bits per heavy atom. The highest BCUT2D eigenvalue weighted by Gasteiger charge is 2.11. The zero-order valence-electron chi connectivity index (χ0n) is 6.65. The first-order valence-corrected chi connectivity index (χ1v) is 3.38. The molecule has 0 aliphatic carbocycles. The molecule has 1 aromatic rings. The normalized spacial score (nSPS) is 9.42. The number of hydrogen-bond donors (Lipinski definition) is 0. The van der Waals surface area contributed by atoms with Gasteiger partial charge in [0.1, 0.15) is 6.20 Å². The van der Waals surface area contributed by atoms with Crippen LogP contribution < -0.4 is 0 Å². The molecule has 12 heavy (non-hydrogen) atoms. The number of nitro groups is 1. The van der Waals surface area contributed by atoms with Gasteiger partial charge in [-0.25, -0.2) is 0 Å². The Hall–Kier alpha value is -1.71. The summed E-state index contributed by atoms with van der Waals surface area (Å²) in [6, 6.07) is 1.68. The van der Waals surface area contributed by atoms with E-state index in [1.165, 1.54) is 12.3 Å².